The summed E-state index contributed by atoms with van der Waals surface area (Å²) >= 11 is 1.21. The fourth-order valence-electron chi connectivity index (χ4n) is 7.38. The number of imidazole rings is 1. The van der Waals surface area contributed by atoms with E-state index in [0.29, 0.717) is 177 Å². The Labute approximate surface area is 430 Å². The molecule has 2 aromatic heterocycles. The van der Waals surface area contributed by atoms with Gasteiger partial charge in [-0.3, -0.25) is 14.5 Å². The van der Waals surface area contributed by atoms with E-state index in [1.54, 1.807) is 18.3 Å². The minimum absolute atomic E-state index is 0.0125. The number of amides is 1. The Morgan fingerprint density at radius 1 is 0.639 bits per heavy atom. The van der Waals surface area contributed by atoms with Gasteiger partial charge in [0, 0.05) is 76.8 Å². The molecule has 0 spiro atoms. The van der Waals surface area contributed by atoms with Crippen LogP contribution in [0.25, 0.3) is 21.9 Å². The van der Waals surface area contributed by atoms with Crippen molar-refractivity contribution in [1.82, 2.24) is 24.8 Å². The Bertz CT molecular complexity index is 1860. The average molecular weight is 1040 g/mol. The van der Waals surface area contributed by atoms with Crippen molar-refractivity contribution in [3.8, 4) is 0 Å². The third kappa shape index (κ3) is 26.2. The standard InChI is InChI=1S/C50H85N7O14S/c1-4-5-6-45-53-48-43-41-42(7-8-44(43)52-50(51)49(48)54-45)56-13-11-55(12-14-56)15-20-63-21-16-57(46(58)9-18-61-25-28-65-24-23-60-2)17-22-64-27-30-67-32-34-69-36-38-71-40-39-70-37-35-68-33-31-66-29-26-62-19-10-47(59)72-3/h7-8,41H,4-6,9-40H2,1-3H3,(H2,51,52)(H,53,54). The zero-order valence-electron chi connectivity index (χ0n) is 43.4. The minimum atomic E-state index is -0.0125. The molecule has 0 bridgehead atoms. The third-order valence-electron chi connectivity index (χ3n) is 11.5. The molecule has 1 fully saturated rings. The lowest BCUT2D eigenvalue weighted by atomic mass is 10.1. The van der Waals surface area contributed by atoms with Crippen LogP contribution in [0.1, 0.15) is 38.4 Å². The van der Waals surface area contributed by atoms with Crippen molar-refractivity contribution < 1.29 is 66.4 Å². The summed E-state index contributed by atoms with van der Waals surface area (Å²) in [5.41, 5.74) is 10.0. The number of nitrogens with two attached hydrogens (primary N) is 1. The maximum Gasteiger partial charge on any atom is 0.225 e. The summed E-state index contributed by atoms with van der Waals surface area (Å²) in [5.74, 6) is 1.42. The van der Waals surface area contributed by atoms with E-state index in [2.05, 4.69) is 38.8 Å². The lowest BCUT2D eigenvalue weighted by Crippen LogP contribution is -2.47. The van der Waals surface area contributed by atoms with E-state index in [0.717, 1.165) is 85.4 Å². The van der Waals surface area contributed by atoms with Gasteiger partial charge in [-0.1, -0.05) is 25.1 Å². The van der Waals surface area contributed by atoms with Gasteiger partial charge in [0.1, 0.15) is 22.7 Å². The van der Waals surface area contributed by atoms with Gasteiger partial charge < -0.3 is 77.4 Å². The first kappa shape index (κ1) is 61.2. The first-order chi connectivity index (χ1) is 35.4. The second-order valence-electron chi connectivity index (χ2n) is 16.7. The number of ether oxygens (including phenoxy) is 12. The molecule has 0 atom stereocenters. The number of methoxy groups -OCH3 is 1. The summed E-state index contributed by atoms with van der Waals surface area (Å²) in [5, 5.41) is 1.14. The number of pyridine rings is 1. The summed E-state index contributed by atoms with van der Waals surface area (Å²) in [6.45, 7) is 17.9. The molecule has 1 aliphatic heterocycles. The summed E-state index contributed by atoms with van der Waals surface area (Å²) < 4.78 is 66.6. The highest BCUT2D eigenvalue weighted by Crippen LogP contribution is 2.30. The molecule has 410 valence electrons. The number of fused-ring (bicyclic) bond motifs is 3. The number of nitrogens with one attached hydrogen (secondary N) is 1. The monoisotopic (exact) mass is 1040 g/mol. The fourth-order valence-corrected chi connectivity index (χ4v) is 7.66. The zero-order valence-corrected chi connectivity index (χ0v) is 44.2. The number of H-pyrrole nitrogens is 1. The topological polar surface area (TPSA) is 222 Å². The van der Waals surface area contributed by atoms with Crippen molar-refractivity contribution in [2.45, 2.75) is 39.0 Å². The van der Waals surface area contributed by atoms with Crippen molar-refractivity contribution in [2.24, 2.45) is 0 Å². The molecule has 0 radical (unpaired) electrons. The number of anilines is 2. The second-order valence-corrected chi connectivity index (χ2v) is 17.6. The number of aromatic nitrogens is 3. The van der Waals surface area contributed by atoms with Crippen LogP contribution in [0.15, 0.2) is 18.2 Å². The average Bonchev–Trinajstić information content (AvgIpc) is 3.84. The molecular weight excluding hydrogens is 955 g/mol. The van der Waals surface area contributed by atoms with E-state index >= 15 is 0 Å². The van der Waals surface area contributed by atoms with E-state index in [1.165, 1.54) is 11.8 Å². The van der Waals surface area contributed by atoms with Crippen LogP contribution in [0.2, 0.25) is 0 Å². The van der Waals surface area contributed by atoms with Crippen molar-refractivity contribution in [3.05, 3.63) is 24.0 Å². The number of benzene rings is 1. The number of aromatic amines is 1. The summed E-state index contributed by atoms with van der Waals surface area (Å²) in [7, 11) is 1.63. The van der Waals surface area contributed by atoms with Crippen LogP contribution in [0, 0.1) is 0 Å². The van der Waals surface area contributed by atoms with Gasteiger partial charge in [-0.15, -0.1) is 0 Å². The SMILES string of the molecule is CCCCc1nc2c([nH]1)c(N)nc1ccc(N3CCN(CCOCCN(CCOCCOCCOCCOCCOCCOCCOCCOCCC(=O)SC)C(=O)CCOCCOCCOC)CC3)cc12. The van der Waals surface area contributed by atoms with Gasteiger partial charge in [-0.05, 0) is 30.9 Å². The van der Waals surface area contributed by atoms with Crippen LogP contribution in [0.4, 0.5) is 11.5 Å². The molecule has 1 aromatic carbocycles. The minimum Gasteiger partial charge on any atom is -0.382 e. The maximum atomic E-state index is 13.2. The van der Waals surface area contributed by atoms with Gasteiger partial charge in [0.25, 0.3) is 0 Å². The highest BCUT2D eigenvalue weighted by atomic mass is 32.2. The number of nitrogen functional groups attached to an aromatic ring is 1. The van der Waals surface area contributed by atoms with Crippen LogP contribution in [0.5, 0.6) is 0 Å². The highest BCUT2D eigenvalue weighted by molar-refractivity contribution is 8.13. The molecular formula is C50H85N7O14S. The molecule has 72 heavy (non-hydrogen) atoms. The molecule has 3 heterocycles. The molecule has 3 N–H and O–H groups in total. The largest absolute Gasteiger partial charge is 0.382 e. The number of thioether (sulfide) groups is 1. The Morgan fingerprint density at radius 2 is 1.12 bits per heavy atom. The number of rotatable bonds is 46. The molecule has 3 aromatic rings. The highest BCUT2D eigenvalue weighted by Gasteiger charge is 2.20. The summed E-state index contributed by atoms with van der Waals surface area (Å²) in [6.07, 6.45) is 5.50. The van der Waals surface area contributed by atoms with Crippen molar-refractivity contribution in [3.63, 3.8) is 0 Å². The van der Waals surface area contributed by atoms with Gasteiger partial charge >= 0.3 is 0 Å². The van der Waals surface area contributed by atoms with Crippen LogP contribution in [-0.2, 0) is 72.9 Å². The summed E-state index contributed by atoms with van der Waals surface area (Å²) in [4.78, 5) is 44.0. The first-order valence-electron chi connectivity index (χ1n) is 25.7. The van der Waals surface area contributed by atoms with Crippen LogP contribution in [-0.4, -0.2) is 247 Å². The van der Waals surface area contributed by atoms with Crippen LogP contribution < -0.4 is 10.6 Å². The van der Waals surface area contributed by atoms with E-state index < -0.39 is 0 Å². The molecule has 0 unspecified atom stereocenters. The van der Waals surface area contributed by atoms with E-state index in [-0.39, 0.29) is 17.4 Å². The molecule has 22 heteroatoms. The lowest BCUT2D eigenvalue weighted by Gasteiger charge is -2.36. The number of piperazine rings is 1. The predicted molar refractivity (Wildman–Crippen MR) is 278 cm³/mol. The van der Waals surface area contributed by atoms with E-state index in [9.17, 15) is 9.59 Å². The van der Waals surface area contributed by atoms with Crippen molar-refractivity contribution >= 4 is 56.2 Å². The Morgan fingerprint density at radius 3 is 1.64 bits per heavy atom. The van der Waals surface area contributed by atoms with Gasteiger partial charge in [-0.2, -0.15) is 0 Å². The zero-order chi connectivity index (χ0) is 51.1. The first-order valence-corrected chi connectivity index (χ1v) is 26.9. The third-order valence-corrected chi connectivity index (χ3v) is 12.1. The van der Waals surface area contributed by atoms with E-state index in [1.807, 2.05) is 6.07 Å². The lowest BCUT2D eigenvalue weighted by molar-refractivity contribution is -0.134. The number of hydrogen-bond donors (Lipinski definition) is 2. The van der Waals surface area contributed by atoms with Crippen LogP contribution >= 0.6 is 11.8 Å². The predicted octanol–water partition coefficient (Wildman–Crippen LogP) is 3.49. The molecule has 21 nitrogen and oxygen atoms in total. The number of aryl methyl sites for hydroxylation is 1. The number of carbonyl (C=O) groups is 2. The van der Waals surface area contributed by atoms with E-state index in [4.69, 9.17) is 67.6 Å². The molecule has 4 rings (SSSR count). The summed E-state index contributed by atoms with van der Waals surface area (Å²) in [6, 6.07) is 6.37. The fraction of sp³-hybridized carbons (Fsp3) is 0.760. The molecule has 1 amide bonds. The number of nitrogens with zero attached hydrogens (tertiary/aromatic N) is 5. The quantitative estimate of drug-likeness (QED) is 0.0773. The van der Waals surface area contributed by atoms with Crippen molar-refractivity contribution in [2.75, 3.05) is 222 Å². The number of unbranched alkanes of at least 4 members (excludes halogenated alkanes) is 1. The van der Waals surface area contributed by atoms with Gasteiger partial charge in [0.05, 0.1) is 164 Å². The van der Waals surface area contributed by atoms with Gasteiger partial charge in [-0.25, -0.2) is 9.97 Å². The smallest absolute Gasteiger partial charge is 0.225 e. The number of hydrogen-bond acceptors (Lipinski definition) is 20. The molecule has 1 saturated heterocycles. The normalized spacial score (nSPS) is 13.3. The van der Waals surface area contributed by atoms with Gasteiger partial charge in [0.2, 0.25) is 5.91 Å². The van der Waals surface area contributed by atoms with Crippen molar-refractivity contribution in [1.29, 1.82) is 0 Å². The number of carbonyl (C=O) groups excluding carboxylic acids is 2. The Kier molecular flexibility index (Phi) is 34.0. The Balaban J connectivity index is 1.00. The van der Waals surface area contributed by atoms with Gasteiger partial charge in [0.15, 0.2) is 5.12 Å². The molecule has 1 aliphatic rings. The van der Waals surface area contributed by atoms with Crippen LogP contribution in [0.3, 0.4) is 0 Å². The maximum absolute atomic E-state index is 13.2. The molecule has 0 saturated carbocycles. The second kappa shape index (κ2) is 40.0. The Hall–Kier alpha value is -3.33. The molecule has 0 aliphatic carbocycles.